The van der Waals surface area contributed by atoms with Crippen molar-refractivity contribution in [3.05, 3.63) is 0 Å². The van der Waals surface area contributed by atoms with E-state index in [1.54, 1.807) is 0 Å². The number of nitrogens with two attached hydrogens (primary N) is 1. The minimum atomic E-state index is -0.0675. The second kappa shape index (κ2) is 4.35. The lowest BCUT2D eigenvalue weighted by molar-refractivity contribution is 0.211. The Morgan fingerprint density at radius 3 is 2.64 bits per heavy atom. The summed E-state index contributed by atoms with van der Waals surface area (Å²) in [7, 11) is 0. The highest BCUT2D eigenvalue weighted by molar-refractivity contribution is 5.04. The maximum atomic E-state index is 5.78. The molecule has 11 heavy (non-hydrogen) atoms. The van der Waals surface area contributed by atoms with Gasteiger partial charge < -0.3 is 11.1 Å². The Morgan fingerprint density at radius 2 is 2.09 bits per heavy atom. The summed E-state index contributed by atoms with van der Waals surface area (Å²) in [5, 5.41) is 3.27. The van der Waals surface area contributed by atoms with Gasteiger partial charge in [0.05, 0.1) is 0 Å². The molecule has 1 atom stereocenters. The summed E-state index contributed by atoms with van der Waals surface area (Å²) in [6.45, 7) is 5.89. The summed E-state index contributed by atoms with van der Waals surface area (Å²) in [5.41, 5.74) is 5.78. The first-order chi connectivity index (χ1) is 5.34. The number of rotatable bonds is 1. The quantitative estimate of drug-likeness (QED) is 0.485. The van der Waals surface area contributed by atoms with Crippen LogP contribution in [-0.4, -0.2) is 37.2 Å². The number of nitrogens with zero attached hydrogens (tertiary/aromatic N) is 1. The molecule has 1 rings (SSSR count). The smallest absolute Gasteiger partial charge is 0.121 e. The van der Waals surface area contributed by atoms with Gasteiger partial charge in [-0.1, -0.05) is 5.92 Å². The highest BCUT2D eigenvalue weighted by Crippen LogP contribution is 1.94. The molecule has 0 radical (unpaired) electrons. The molecule has 1 aliphatic heterocycles. The maximum absolute atomic E-state index is 5.78. The Hall–Kier alpha value is -0.560. The van der Waals surface area contributed by atoms with Gasteiger partial charge in [0.2, 0.25) is 0 Å². The number of piperazine rings is 1. The van der Waals surface area contributed by atoms with Crippen molar-refractivity contribution in [2.75, 3.05) is 26.2 Å². The second-order valence-electron chi connectivity index (χ2n) is 2.63. The molecule has 0 saturated carbocycles. The molecular formula is C8H15N3. The van der Waals surface area contributed by atoms with Gasteiger partial charge in [-0.05, 0) is 6.92 Å². The van der Waals surface area contributed by atoms with Gasteiger partial charge in [-0.3, -0.25) is 4.90 Å². The summed E-state index contributed by atoms with van der Waals surface area (Å²) in [4.78, 5) is 2.19. The van der Waals surface area contributed by atoms with Crippen LogP contribution >= 0.6 is 0 Å². The predicted octanol–water partition coefficient (Wildman–Crippen LogP) is -0.800. The molecule has 0 aliphatic carbocycles. The first kappa shape index (κ1) is 8.54. The van der Waals surface area contributed by atoms with Crippen molar-refractivity contribution >= 4 is 0 Å². The fourth-order valence-electron chi connectivity index (χ4n) is 1.20. The topological polar surface area (TPSA) is 41.3 Å². The van der Waals surface area contributed by atoms with Gasteiger partial charge in [0.15, 0.2) is 0 Å². The molecule has 0 aromatic rings. The van der Waals surface area contributed by atoms with Crippen molar-refractivity contribution in [3.63, 3.8) is 0 Å². The molecule has 1 aliphatic rings. The van der Waals surface area contributed by atoms with Gasteiger partial charge in [-0.15, -0.1) is 5.92 Å². The van der Waals surface area contributed by atoms with Crippen LogP contribution in [0, 0.1) is 11.8 Å². The molecule has 0 amide bonds. The largest absolute Gasteiger partial charge is 0.314 e. The van der Waals surface area contributed by atoms with E-state index in [0.717, 1.165) is 26.2 Å². The van der Waals surface area contributed by atoms with Crippen LogP contribution in [0.2, 0.25) is 0 Å². The van der Waals surface area contributed by atoms with E-state index in [1.807, 2.05) is 6.92 Å². The molecule has 1 heterocycles. The van der Waals surface area contributed by atoms with E-state index in [2.05, 4.69) is 22.1 Å². The lowest BCUT2D eigenvalue weighted by Gasteiger charge is -2.29. The third-order valence-electron chi connectivity index (χ3n) is 1.84. The SMILES string of the molecule is CC#CC(N)N1CCNCC1. The van der Waals surface area contributed by atoms with Crippen LogP contribution in [0.25, 0.3) is 0 Å². The molecular weight excluding hydrogens is 138 g/mol. The van der Waals surface area contributed by atoms with Crippen molar-refractivity contribution in [3.8, 4) is 11.8 Å². The second-order valence-corrected chi connectivity index (χ2v) is 2.63. The van der Waals surface area contributed by atoms with E-state index in [9.17, 15) is 0 Å². The third kappa shape index (κ3) is 2.51. The van der Waals surface area contributed by atoms with Crippen molar-refractivity contribution in [2.24, 2.45) is 5.73 Å². The molecule has 3 nitrogen and oxygen atoms in total. The zero-order valence-corrected chi connectivity index (χ0v) is 6.93. The van der Waals surface area contributed by atoms with Gasteiger partial charge in [-0.25, -0.2) is 0 Å². The monoisotopic (exact) mass is 153 g/mol. The van der Waals surface area contributed by atoms with Crippen molar-refractivity contribution in [2.45, 2.75) is 13.1 Å². The van der Waals surface area contributed by atoms with E-state index in [1.165, 1.54) is 0 Å². The molecule has 3 heteroatoms. The average Bonchev–Trinajstić information content (AvgIpc) is 2.07. The van der Waals surface area contributed by atoms with Crippen LogP contribution in [0.3, 0.4) is 0 Å². The first-order valence-corrected chi connectivity index (χ1v) is 3.97. The molecule has 1 unspecified atom stereocenters. The third-order valence-corrected chi connectivity index (χ3v) is 1.84. The van der Waals surface area contributed by atoms with Crippen molar-refractivity contribution in [1.29, 1.82) is 0 Å². The first-order valence-electron chi connectivity index (χ1n) is 3.97. The van der Waals surface area contributed by atoms with E-state index in [-0.39, 0.29) is 6.17 Å². The molecule has 62 valence electrons. The van der Waals surface area contributed by atoms with Crippen LogP contribution in [0.15, 0.2) is 0 Å². The molecule has 3 N–H and O–H groups in total. The van der Waals surface area contributed by atoms with Gasteiger partial charge in [-0.2, -0.15) is 0 Å². The summed E-state index contributed by atoms with van der Waals surface area (Å²) in [6, 6.07) is 0. The fourth-order valence-corrected chi connectivity index (χ4v) is 1.20. The standard InChI is InChI=1S/C8H15N3/c1-2-3-8(9)11-6-4-10-5-7-11/h8,10H,4-7,9H2,1H3. The zero-order chi connectivity index (χ0) is 8.10. The molecule has 0 aromatic heterocycles. The highest BCUT2D eigenvalue weighted by atomic mass is 15.2. The fraction of sp³-hybridized carbons (Fsp3) is 0.750. The number of hydrogen-bond donors (Lipinski definition) is 2. The molecule has 0 aromatic carbocycles. The van der Waals surface area contributed by atoms with Crippen molar-refractivity contribution in [1.82, 2.24) is 10.2 Å². The van der Waals surface area contributed by atoms with E-state index < -0.39 is 0 Å². The summed E-state index contributed by atoms with van der Waals surface area (Å²) in [5.74, 6) is 5.77. The van der Waals surface area contributed by atoms with E-state index in [0.29, 0.717) is 0 Å². The minimum absolute atomic E-state index is 0.0675. The van der Waals surface area contributed by atoms with Gasteiger partial charge in [0.25, 0.3) is 0 Å². The van der Waals surface area contributed by atoms with Gasteiger partial charge in [0, 0.05) is 26.2 Å². The predicted molar refractivity (Wildman–Crippen MR) is 45.9 cm³/mol. The van der Waals surface area contributed by atoms with Gasteiger partial charge in [0.1, 0.15) is 6.17 Å². The van der Waals surface area contributed by atoms with Crippen LogP contribution in [0.5, 0.6) is 0 Å². The summed E-state index contributed by atoms with van der Waals surface area (Å²) in [6.07, 6.45) is -0.0675. The Balaban J connectivity index is 2.36. The molecule has 1 saturated heterocycles. The summed E-state index contributed by atoms with van der Waals surface area (Å²) < 4.78 is 0. The lowest BCUT2D eigenvalue weighted by Crippen LogP contribution is -2.51. The van der Waals surface area contributed by atoms with Gasteiger partial charge >= 0.3 is 0 Å². The lowest BCUT2D eigenvalue weighted by atomic mass is 10.3. The maximum Gasteiger partial charge on any atom is 0.121 e. The Kier molecular flexibility index (Phi) is 3.37. The Labute approximate surface area is 67.9 Å². The highest BCUT2D eigenvalue weighted by Gasteiger charge is 2.13. The van der Waals surface area contributed by atoms with E-state index in [4.69, 9.17) is 5.73 Å². The zero-order valence-electron chi connectivity index (χ0n) is 6.93. The number of hydrogen-bond acceptors (Lipinski definition) is 3. The molecule has 0 bridgehead atoms. The Bertz CT molecular complexity index is 162. The Morgan fingerprint density at radius 1 is 1.45 bits per heavy atom. The van der Waals surface area contributed by atoms with Crippen molar-refractivity contribution < 1.29 is 0 Å². The number of nitrogens with one attached hydrogen (secondary N) is 1. The minimum Gasteiger partial charge on any atom is -0.314 e. The van der Waals surface area contributed by atoms with Crippen LogP contribution in [0.4, 0.5) is 0 Å². The van der Waals surface area contributed by atoms with Crippen LogP contribution in [-0.2, 0) is 0 Å². The molecule has 1 fully saturated rings. The van der Waals surface area contributed by atoms with Crippen LogP contribution in [0.1, 0.15) is 6.92 Å². The van der Waals surface area contributed by atoms with E-state index >= 15 is 0 Å². The average molecular weight is 153 g/mol. The molecule has 0 spiro atoms. The van der Waals surface area contributed by atoms with Crippen LogP contribution < -0.4 is 11.1 Å². The summed E-state index contributed by atoms with van der Waals surface area (Å²) >= 11 is 0. The normalized spacial score (nSPS) is 22.0.